The molecule has 1 atom stereocenters. The minimum absolute atomic E-state index is 0.143. The quantitative estimate of drug-likeness (QED) is 0.287. The van der Waals surface area contributed by atoms with E-state index in [0.717, 1.165) is 24.5 Å². The number of esters is 1. The van der Waals surface area contributed by atoms with Crippen molar-refractivity contribution in [3.05, 3.63) is 92.3 Å². The highest BCUT2D eigenvalue weighted by atomic mass is 16.5. The van der Waals surface area contributed by atoms with Gasteiger partial charge in [-0.05, 0) is 48.5 Å². The molecule has 220 valence electrons. The van der Waals surface area contributed by atoms with Crippen LogP contribution >= 0.6 is 0 Å². The van der Waals surface area contributed by atoms with Crippen LogP contribution in [0.5, 0.6) is 17.2 Å². The number of aromatic nitrogens is 1. The van der Waals surface area contributed by atoms with Gasteiger partial charge in [0.1, 0.15) is 17.3 Å². The molecule has 2 aromatic carbocycles. The molecule has 2 aromatic heterocycles. The third-order valence-corrected chi connectivity index (χ3v) is 7.56. The van der Waals surface area contributed by atoms with Crippen LogP contribution < -0.4 is 25.4 Å². The molecule has 1 fully saturated rings. The molecule has 1 unspecified atom stereocenters. The van der Waals surface area contributed by atoms with E-state index in [1.807, 2.05) is 24.3 Å². The van der Waals surface area contributed by atoms with E-state index < -0.39 is 28.6 Å². The summed E-state index contributed by atoms with van der Waals surface area (Å²) in [7, 11) is 4.40. The number of carbonyl (C=O) groups excluding carboxylic acids is 1. The van der Waals surface area contributed by atoms with E-state index >= 15 is 0 Å². The summed E-state index contributed by atoms with van der Waals surface area (Å²) in [5, 5.41) is 11.5. The van der Waals surface area contributed by atoms with Crippen molar-refractivity contribution in [1.29, 1.82) is 0 Å². The van der Waals surface area contributed by atoms with Crippen molar-refractivity contribution in [2.75, 3.05) is 52.4 Å². The van der Waals surface area contributed by atoms with E-state index in [4.69, 9.17) is 18.6 Å². The highest BCUT2D eigenvalue weighted by Crippen LogP contribution is 2.33. The summed E-state index contributed by atoms with van der Waals surface area (Å²) < 4.78 is 21.5. The van der Waals surface area contributed by atoms with Crippen LogP contribution in [-0.2, 0) is 16.1 Å². The monoisotopic (exact) mass is 575 g/mol. The zero-order chi connectivity index (χ0) is 29.8. The first kappa shape index (κ1) is 28.7. The van der Waals surface area contributed by atoms with Crippen molar-refractivity contribution in [3.63, 3.8) is 0 Å². The van der Waals surface area contributed by atoms with Gasteiger partial charge < -0.3 is 33.6 Å². The molecule has 11 heteroatoms. The zero-order valence-electron chi connectivity index (χ0n) is 23.7. The number of aromatic amines is 1. The number of rotatable bonds is 9. The maximum Gasteiger partial charge on any atom is 0.306 e. The van der Waals surface area contributed by atoms with Crippen LogP contribution in [-0.4, -0.2) is 68.5 Å². The Hall–Kier alpha value is -4.77. The van der Waals surface area contributed by atoms with E-state index in [1.165, 1.54) is 20.3 Å². The number of carbonyl (C=O) groups is 1. The molecule has 0 spiro atoms. The van der Waals surface area contributed by atoms with E-state index in [-0.39, 0.29) is 17.7 Å². The molecule has 4 aromatic rings. The fourth-order valence-electron chi connectivity index (χ4n) is 5.23. The van der Waals surface area contributed by atoms with Crippen molar-refractivity contribution < 1.29 is 28.5 Å². The van der Waals surface area contributed by atoms with Gasteiger partial charge in [0.25, 0.3) is 5.56 Å². The molecule has 1 aliphatic heterocycles. The number of nitrogens with one attached hydrogen (secondary N) is 1. The second-order valence-electron chi connectivity index (χ2n) is 10.1. The molecule has 0 bridgehead atoms. The van der Waals surface area contributed by atoms with Crippen LogP contribution in [0, 0.1) is 0 Å². The summed E-state index contributed by atoms with van der Waals surface area (Å²) in [6, 6.07) is 15.9. The molecule has 5 rings (SSSR count). The predicted octanol–water partition coefficient (Wildman–Crippen LogP) is 3.22. The zero-order valence-corrected chi connectivity index (χ0v) is 23.7. The number of anilines is 1. The number of hydrogen-bond donors (Lipinski definition) is 2. The Labute approximate surface area is 241 Å². The highest BCUT2D eigenvalue weighted by molar-refractivity contribution is 5.81. The smallest absolute Gasteiger partial charge is 0.306 e. The Morgan fingerprint density at radius 3 is 2.31 bits per heavy atom. The van der Waals surface area contributed by atoms with Gasteiger partial charge in [0.05, 0.1) is 40.2 Å². The number of H-pyrrole nitrogens is 1. The lowest BCUT2D eigenvalue weighted by molar-refractivity contribution is -0.140. The average Bonchev–Trinajstić information content (AvgIpc) is 3.01. The Bertz CT molecular complexity index is 1690. The van der Waals surface area contributed by atoms with Gasteiger partial charge in [-0.25, -0.2) is 0 Å². The lowest BCUT2D eigenvalue weighted by atomic mass is 9.92. The third kappa shape index (κ3) is 6.10. The van der Waals surface area contributed by atoms with E-state index in [1.54, 1.807) is 31.4 Å². The molecule has 2 N–H and O–H groups in total. The van der Waals surface area contributed by atoms with Crippen LogP contribution in [0.1, 0.15) is 29.4 Å². The number of pyridine rings is 1. The van der Waals surface area contributed by atoms with Crippen LogP contribution in [0.2, 0.25) is 0 Å². The average molecular weight is 576 g/mol. The molecular weight excluding hydrogens is 542 g/mol. The fourth-order valence-corrected chi connectivity index (χ4v) is 5.23. The highest BCUT2D eigenvalue weighted by Gasteiger charge is 2.29. The molecule has 11 nitrogen and oxygen atoms in total. The Balaban J connectivity index is 1.43. The normalized spacial score (nSPS) is 14.5. The maximum absolute atomic E-state index is 13.2. The number of methoxy groups -OCH3 is 3. The largest absolute Gasteiger partial charge is 0.502 e. The van der Waals surface area contributed by atoms with Crippen LogP contribution in [0.15, 0.2) is 68.6 Å². The number of fused-ring (bicyclic) bond motifs is 1. The van der Waals surface area contributed by atoms with Crippen LogP contribution in [0.25, 0.3) is 10.9 Å². The van der Waals surface area contributed by atoms with Crippen molar-refractivity contribution in [2.24, 2.45) is 0 Å². The van der Waals surface area contributed by atoms with Gasteiger partial charge in [-0.15, -0.1) is 0 Å². The first-order valence-corrected chi connectivity index (χ1v) is 13.5. The first-order valence-electron chi connectivity index (χ1n) is 13.5. The lowest BCUT2D eigenvalue weighted by Gasteiger charge is -2.36. The minimum Gasteiger partial charge on any atom is -0.502 e. The maximum atomic E-state index is 13.2. The van der Waals surface area contributed by atoms with E-state index in [0.29, 0.717) is 42.0 Å². The summed E-state index contributed by atoms with van der Waals surface area (Å²) in [6.45, 7) is 3.27. The molecule has 42 heavy (non-hydrogen) atoms. The molecule has 0 aliphatic carbocycles. The molecule has 1 saturated heterocycles. The van der Waals surface area contributed by atoms with Crippen molar-refractivity contribution in [3.8, 4) is 17.2 Å². The Kier molecular flexibility index (Phi) is 8.48. The second kappa shape index (κ2) is 12.4. The molecular formula is C31H33N3O8. The SMILES string of the molecule is COC(=O)CC(c1oc(CN2CCN(c3ccc(OC)cc3)CC2)cc(=O)c1O)c1cc2cc(OC)ccc2[nH]c1=O. The van der Waals surface area contributed by atoms with Gasteiger partial charge in [0, 0.05) is 54.4 Å². The Morgan fingerprint density at radius 1 is 0.952 bits per heavy atom. The molecule has 3 heterocycles. The summed E-state index contributed by atoms with van der Waals surface area (Å²) >= 11 is 0. The standard InChI is InChI=1S/C31H33N3O8/c1-39-21-6-4-20(5-7-21)34-12-10-33(11-13-34)18-23-16-27(35)29(37)30(42-23)24(17-28(36)41-3)25-15-19-14-22(40-2)8-9-26(19)32-31(25)38/h4-9,14-16,24,37H,10-13,17-18H2,1-3H3,(H,32,38). The second-order valence-corrected chi connectivity index (χ2v) is 10.1. The minimum atomic E-state index is -1.07. The van der Waals surface area contributed by atoms with Crippen molar-refractivity contribution >= 4 is 22.6 Å². The van der Waals surface area contributed by atoms with E-state index in [9.17, 15) is 19.5 Å². The number of hydrogen-bond acceptors (Lipinski definition) is 10. The van der Waals surface area contributed by atoms with Crippen LogP contribution in [0.3, 0.4) is 0 Å². The number of ether oxygens (including phenoxy) is 3. The lowest BCUT2D eigenvalue weighted by Crippen LogP contribution is -2.46. The molecule has 1 aliphatic rings. The third-order valence-electron chi connectivity index (χ3n) is 7.56. The Morgan fingerprint density at radius 2 is 1.64 bits per heavy atom. The van der Waals surface area contributed by atoms with Gasteiger partial charge in [-0.3, -0.25) is 19.3 Å². The van der Waals surface area contributed by atoms with Gasteiger partial charge in [0.2, 0.25) is 11.2 Å². The summed E-state index contributed by atoms with van der Waals surface area (Å²) in [6.07, 6.45) is -0.324. The van der Waals surface area contributed by atoms with Gasteiger partial charge in [0.15, 0.2) is 5.76 Å². The number of aromatic hydroxyl groups is 1. The molecule has 0 radical (unpaired) electrons. The van der Waals surface area contributed by atoms with Crippen molar-refractivity contribution in [1.82, 2.24) is 9.88 Å². The van der Waals surface area contributed by atoms with Gasteiger partial charge >= 0.3 is 5.97 Å². The molecule has 0 saturated carbocycles. The summed E-state index contributed by atoms with van der Waals surface area (Å²) in [5.41, 5.74) is 0.665. The van der Waals surface area contributed by atoms with Gasteiger partial charge in [-0.1, -0.05) is 0 Å². The summed E-state index contributed by atoms with van der Waals surface area (Å²) in [4.78, 5) is 45.8. The predicted molar refractivity (Wildman–Crippen MR) is 157 cm³/mol. The van der Waals surface area contributed by atoms with Crippen LogP contribution in [0.4, 0.5) is 5.69 Å². The fraction of sp³-hybridized carbons (Fsp3) is 0.323. The van der Waals surface area contributed by atoms with Crippen molar-refractivity contribution in [2.45, 2.75) is 18.9 Å². The van der Waals surface area contributed by atoms with E-state index in [2.05, 4.69) is 14.8 Å². The number of piperazine rings is 1. The van der Waals surface area contributed by atoms with Gasteiger partial charge in [-0.2, -0.15) is 0 Å². The topological polar surface area (TPSA) is 135 Å². The molecule has 0 amide bonds. The summed E-state index contributed by atoms with van der Waals surface area (Å²) in [5.74, 6) is -0.822. The number of benzene rings is 2. The first-order chi connectivity index (χ1) is 20.3. The number of nitrogens with zero attached hydrogens (tertiary/aromatic N) is 2.